The van der Waals surface area contributed by atoms with Crippen LogP contribution in [0, 0.1) is 5.92 Å². The van der Waals surface area contributed by atoms with Gasteiger partial charge in [0.05, 0.1) is 17.2 Å². The normalized spacial score (nSPS) is 20.3. The molecule has 1 saturated carbocycles. The second kappa shape index (κ2) is 8.83. The highest BCUT2D eigenvalue weighted by atomic mass is 32.2. The van der Waals surface area contributed by atoms with Crippen LogP contribution in [0.5, 0.6) is 5.75 Å². The molecule has 0 heterocycles. The van der Waals surface area contributed by atoms with Crippen LogP contribution in [0.25, 0.3) is 0 Å². The van der Waals surface area contributed by atoms with Crippen LogP contribution in [-0.4, -0.2) is 44.4 Å². The van der Waals surface area contributed by atoms with Gasteiger partial charge >= 0.3 is 0 Å². The van der Waals surface area contributed by atoms with Gasteiger partial charge in [0.2, 0.25) is 15.9 Å². The molecule has 2 rings (SSSR count). The molecule has 1 aromatic rings. The third-order valence-corrected chi connectivity index (χ3v) is 6.74. The Morgan fingerprint density at radius 2 is 1.96 bits per heavy atom. The molecular weight excluding hydrogens is 354 g/mol. The van der Waals surface area contributed by atoms with Gasteiger partial charge in [-0.15, -0.1) is 0 Å². The first-order chi connectivity index (χ1) is 12.3. The number of nitrogens with two attached hydrogens (primary N) is 1. The molecule has 0 aliphatic heterocycles. The van der Waals surface area contributed by atoms with E-state index in [0.29, 0.717) is 37.6 Å². The topological polar surface area (TPSA) is 102 Å². The van der Waals surface area contributed by atoms with E-state index in [4.69, 9.17) is 10.5 Å². The average molecular weight is 384 g/mol. The van der Waals surface area contributed by atoms with E-state index in [2.05, 4.69) is 5.32 Å². The summed E-state index contributed by atoms with van der Waals surface area (Å²) in [7, 11) is -3.61. The Balaban J connectivity index is 2.32. The first kappa shape index (κ1) is 20.7. The van der Waals surface area contributed by atoms with Crippen molar-refractivity contribution in [3.8, 4) is 5.75 Å². The van der Waals surface area contributed by atoms with Crippen molar-refractivity contribution >= 4 is 21.6 Å². The fourth-order valence-corrected chi connectivity index (χ4v) is 4.74. The average Bonchev–Trinajstić information content (AvgIpc) is 3.04. The molecule has 1 amide bonds. The molecule has 1 aromatic carbocycles. The summed E-state index contributed by atoms with van der Waals surface area (Å²) in [6.07, 6.45) is 2.22. The lowest BCUT2D eigenvalue weighted by atomic mass is 10.1. The van der Waals surface area contributed by atoms with Crippen LogP contribution in [0.3, 0.4) is 0 Å². The van der Waals surface area contributed by atoms with Gasteiger partial charge in [-0.05, 0) is 44.4 Å². The van der Waals surface area contributed by atoms with Crippen LogP contribution < -0.4 is 15.8 Å². The maximum Gasteiger partial charge on any atom is 0.243 e. The molecule has 0 bridgehead atoms. The van der Waals surface area contributed by atoms with Crippen molar-refractivity contribution in [2.75, 3.05) is 25.0 Å². The van der Waals surface area contributed by atoms with Gasteiger partial charge in [0.25, 0.3) is 0 Å². The van der Waals surface area contributed by atoms with E-state index in [0.717, 1.165) is 12.8 Å². The van der Waals surface area contributed by atoms with Crippen molar-refractivity contribution in [3.63, 3.8) is 0 Å². The number of carbonyl (C=O) groups excluding carboxylic acids is 1. The molecule has 0 saturated heterocycles. The standard InChI is InChI=1S/C18H29N3O4S/c1-4-21(5-2)26(23,24)15-9-10-17(25-6-3)16(12-15)20-18(22)13-7-8-14(19)11-13/h9-10,12-14H,4-8,11,19H2,1-3H3,(H,20,22). The zero-order chi connectivity index (χ0) is 19.3. The lowest BCUT2D eigenvalue weighted by Gasteiger charge is -2.20. The van der Waals surface area contributed by atoms with Crippen LogP contribution >= 0.6 is 0 Å². The second-order valence-corrected chi connectivity index (χ2v) is 8.38. The number of hydrogen-bond acceptors (Lipinski definition) is 5. The van der Waals surface area contributed by atoms with Gasteiger partial charge in [-0.2, -0.15) is 4.31 Å². The van der Waals surface area contributed by atoms with Gasteiger partial charge in [-0.3, -0.25) is 4.79 Å². The number of amides is 1. The Labute approximate surface area is 155 Å². The molecule has 26 heavy (non-hydrogen) atoms. The first-order valence-electron chi connectivity index (χ1n) is 9.16. The Morgan fingerprint density at radius 3 is 2.50 bits per heavy atom. The van der Waals surface area contributed by atoms with E-state index in [9.17, 15) is 13.2 Å². The molecular formula is C18H29N3O4S. The van der Waals surface area contributed by atoms with E-state index in [-0.39, 0.29) is 22.8 Å². The third-order valence-electron chi connectivity index (χ3n) is 4.70. The number of carbonyl (C=O) groups is 1. The maximum atomic E-state index is 12.8. The summed E-state index contributed by atoms with van der Waals surface area (Å²) in [6, 6.07) is 4.63. The minimum absolute atomic E-state index is 0.0477. The van der Waals surface area contributed by atoms with Crippen LogP contribution in [-0.2, 0) is 14.8 Å². The highest BCUT2D eigenvalue weighted by Crippen LogP contribution is 2.31. The molecule has 8 heteroatoms. The number of nitrogens with one attached hydrogen (secondary N) is 1. The molecule has 0 aromatic heterocycles. The largest absolute Gasteiger partial charge is 0.492 e. The minimum atomic E-state index is -3.61. The molecule has 2 atom stereocenters. The van der Waals surface area contributed by atoms with Crippen molar-refractivity contribution in [1.82, 2.24) is 4.31 Å². The summed E-state index contributed by atoms with van der Waals surface area (Å²) >= 11 is 0. The number of benzene rings is 1. The number of nitrogens with zero attached hydrogens (tertiary/aromatic N) is 1. The smallest absolute Gasteiger partial charge is 0.243 e. The van der Waals surface area contributed by atoms with Gasteiger partial charge in [0.1, 0.15) is 5.75 Å². The number of hydrogen-bond donors (Lipinski definition) is 2. The van der Waals surface area contributed by atoms with Crippen molar-refractivity contribution in [2.45, 2.75) is 51.0 Å². The Kier molecular flexibility index (Phi) is 7.02. The van der Waals surface area contributed by atoms with E-state index >= 15 is 0 Å². The van der Waals surface area contributed by atoms with Gasteiger partial charge in [-0.25, -0.2) is 8.42 Å². The van der Waals surface area contributed by atoms with Crippen LogP contribution in [0.1, 0.15) is 40.0 Å². The van der Waals surface area contributed by atoms with Crippen molar-refractivity contribution in [1.29, 1.82) is 0 Å². The Bertz CT molecular complexity index is 732. The second-order valence-electron chi connectivity index (χ2n) is 6.44. The molecule has 2 unspecified atom stereocenters. The van der Waals surface area contributed by atoms with Gasteiger partial charge in [0, 0.05) is 25.0 Å². The van der Waals surface area contributed by atoms with E-state index in [1.807, 2.05) is 6.92 Å². The van der Waals surface area contributed by atoms with E-state index in [1.54, 1.807) is 19.9 Å². The number of rotatable bonds is 8. The quantitative estimate of drug-likeness (QED) is 0.716. The fraction of sp³-hybridized carbons (Fsp3) is 0.611. The van der Waals surface area contributed by atoms with Gasteiger partial charge in [0.15, 0.2) is 0 Å². The number of sulfonamides is 1. The summed E-state index contributed by atoms with van der Waals surface area (Å²) in [5, 5.41) is 2.84. The molecule has 0 spiro atoms. The highest BCUT2D eigenvalue weighted by Gasteiger charge is 2.29. The van der Waals surface area contributed by atoms with Crippen LogP contribution in [0.2, 0.25) is 0 Å². The van der Waals surface area contributed by atoms with Crippen molar-refractivity contribution in [3.05, 3.63) is 18.2 Å². The minimum Gasteiger partial charge on any atom is -0.492 e. The summed E-state index contributed by atoms with van der Waals surface area (Å²) in [5.74, 6) is 0.167. The number of ether oxygens (including phenoxy) is 1. The third kappa shape index (κ3) is 4.55. The Hall–Kier alpha value is -1.64. The molecule has 1 fully saturated rings. The van der Waals surface area contributed by atoms with Crippen LogP contribution in [0.15, 0.2) is 23.1 Å². The summed E-state index contributed by atoms with van der Waals surface area (Å²) in [5.41, 5.74) is 6.27. The van der Waals surface area contributed by atoms with Crippen LogP contribution in [0.4, 0.5) is 5.69 Å². The predicted molar refractivity (Wildman–Crippen MR) is 102 cm³/mol. The fourth-order valence-electron chi connectivity index (χ4n) is 3.25. The van der Waals surface area contributed by atoms with E-state index < -0.39 is 10.0 Å². The van der Waals surface area contributed by atoms with Crippen molar-refractivity contribution < 1.29 is 17.9 Å². The lowest BCUT2D eigenvalue weighted by Crippen LogP contribution is -2.30. The zero-order valence-electron chi connectivity index (χ0n) is 15.7. The molecule has 1 aliphatic rings. The SMILES string of the molecule is CCOc1ccc(S(=O)(=O)N(CC)CC)cc1NC(=O)C1CCC(N)C1. The summed E-state index contributed by atoms with van der Waals surface area (Å²) in [6.45, 7) is 6.60. The van der Waals surface area contributed by atoms with Gasteiger partial charge in [-0.1, -0.05) is 13.8 Å². The molecule has 0 radical (unpaired) electrons. The maximum absolute atomic E-state index is 12.8. The summed E-state index contributed by atoms with van der Waals surface area (Å²) < 4.78 is 32.4. The number of anilines is 1. The van der Waals surface area contributed by atoms with Gasteiger partial charge < -0.3 is 15.8 Å². The highest BCUT2D eigenvalue weighted by molar-refractivity contribution is 7.89. The first-order valence-corrected chi connectivity index (χ1v) is 10.6. The van der Waals surface area contributed by atoms with E-state index in [1.165, 1.54) is 16.4 Å². The monoisotopic (exact) mass is 383 g/mol. The molecule has 3 N–H and O–H groups in total. The Morgan fingerprint density at radius 1 is 1.27 bits per heavy atom. The van der Waals surface area contributed by atoms with Crippen molar-refractivity contribution in [2.24, 2.45) is 11.7 Å². The molecule has 1 aliphatic carbocycles. The predicted octanol–water partition coefficient (Wildman–Crippen LogP) is 2.18. The molecule has 146 valence electrons. The lowest BCUT2D eigenvalue weighted by molar-refractivity contribution is -0.119. The zero-order valence-corrected chi connectivity index (χ0v) is 16.5. The summed E-state index contributed by atoms with van der Waals surface area (Å²) in [4.78, 5) is 12.7. The molecule has 7 nitrogen and oxygen atoms in total.